The number of nitrogens with zero attached hydrogens (tertiary/aromatic N) is 1. The van der Waals surface area contributed by atoms with Crippen LogP contribution in [-0.2, 0) is 5.41 Å². The molecule has 0 amide bonds. The summed E-state index contributed by atoms with van der Waals surface area (Å²) in [4.78, 5) is 2.75. The molecule has 20 heavy (non-hydrogen) atoms. The van der Waals surface area contributed by atoms with E-state index in [0.717, 1.165) is 25.0 Å². The molecule has 0 aromatic heterocycles. The van der Waals surface area contributed by atoms with Gasteiger partial charge in [-0.15, -0.1) is 0 Å². The summed E-state index contributed by atoms with van der Waals surface area (Å²) >= 11 is 0. The summed E-state index contributed by atoms with van der Waals surface area (Å²) in [5.41, 5.74) is 7.65. The zero-order valence-corrected chi connectivity index (χ0v) is 12.7. The summed E-state index contributed by atoms with van der Waals surface area (Å²) < 4.78 is 0. The Bertz CT molecular complexity index is 430. The lowest BCUT2D eigenvalue weighted by Gasteiger charge is -2.43. The van der Waals surface area contributed by atoms with Crippen molar-refractivity contribution in [3.63, 3.8) is 0 Å². The molecule has 1 aromatic carbocycles. The fraction of sp³-hybridized carbons (Fsp3) is 0.667. The lowest BCUT2D eigenvalue weighted by Crippen LogP contribution is -2.51. The zero-order chi connectivity index (χ0) is 14.0. The average Bonchev–Trinajstić information content (AvgIpc) is 2.98. The number of piperidine rings is 1. The lowest BCUT2D eigenvalue weighted by molar-refractivity contribution is 0.0895. The minimum absolute atomic E-state index is 0.0890. The van der Waals surface area contributed by atoms with Crippen molar-refractivity contribution in [3.05, 3.63) is 35.9 Å². The summed E-state index contributed by atoms with van der Waals surface area (Å²) in [6.45, 7) is 5.45. The first kappa shape index (κ1) is 14.1. The quantitative estimate of drug-likeness (QED) is 0.912. The normalized spacial score (nSPS) is 29.9. The van der Waals surface area contributed by atoms with E-state index < -0.39 is 0 Å². The Morgan fingerprint density at radius 1 is 1.15 bits per heavy atom. The standard InChI is InChI=1S/C18H28N2/c1-18(13-19,16-9-3-2-4-10-16)14-20-12-6-8-15-7-5-11-17(15)20/h2-4,9-10,15,17H,5-8,11-14,19H2,1H3. The maximum absolute atomic E-state index is 6.17. The van der Waals surface area contributed by atoms with Crippen LogP contribution in [0.5, 0.6) is 0 Å². The van der Waals surface area contributed by atoms with Crippen LogP contribution in [0, 0.1) is 5.92 Å². The fourth-order valence-electron chi connectivity index (χ4n) is 4.32. The van der Waals surface area contributed by atoms with Gasteiger partial charge in [-0.25, -0.2) is 0 Å². The maximum Gasteiger partial charge on any atom is 0.0174 e. The second-order valence-electron chi connectivity index (χ2n) is 7.00. The van der Waals surface area contributed by atoms with Gasteiger partial charge in [0.05, 0.1) is 0 Å². The lowest BCUT2D eigenvalue weighted by atomic mass is 9.80. The van der Waals surface area contributed by atoms with E-state index in [9.17, 15) is 0 Å². The molecule has 0 spiro atoms. The van der Waals surface area contributed by atoms with Gasteiger partial charge in [-0.05, 0) is 43.7 Å². The van der Waals surface area contributed by atoms with Crippen LogP contribution in [0.3, 0.4) is 0 Å². The SMILES string of the molecule is CC(CN)(CN1CCCC2CCCC21)c1ccccc1. The molecule has 2 nitrogen and oxygen atoms in total. The van der Waals surface area contributed by atoms with Crippen LogP contribution in [0.1, 0.15) is 44.6 Å². The monoisotopic (exact) mass is 272 g/mol. The molecule has 3 unspecified atom stereocenters. The predicted molar refractivity (Wildman–Crippen MR) is 84.8 cm³/mol. The summed E-state index contributed by atoms with van der Waals surface area (Å²) in [6, 6.07) is 11.7. The topological polar surface area (TPSA) is 29.3 Å². The first-order valence-corrected chi connectivity index (χ1v) is 8.22. The molecule has 2 N–H and O–H groups in total. The van der Waals surface area contributed by atoms with Crippen molar-refractivity contribution in [2.75, 3.05) is 19.6 Å². The second kappa shape index (κ2) is 5.87. The van der Waals surface area contributed by atoms with Crippen molar-refractivity contribution in [2.45, 2.75) is 50.5 Å². The number of likely N-dealkylation sites (tertiary alicyclic amines) is 1. The molecule has 1 heterocycles. The molecule has 2 aliphatic rings. The van der Waals surface area contributed by atoms with Crippen LogP contribution in [-0.4, -0.2) is 30.6 Å². The van der Waals surface area contributed by atoms with Crippen LogP contribution in [0.2, 0.25) is 0 Å². The Kier molecular flexibility index (Phi) is 4.13. The molecule has 0 radical (unpaired) electrons. The van der Waals surface area contributed by atoms with Gasteiger partial charge in [0.25, 0.3) is 0 Å². The molecule has 3 rings (SSSR count). The van der Waals surface area contributed by atoms with E-state index in [1.807, 2.05) is 0 Å². The third-order valence-corrected chi connectivity index (χ3v) is 5.58. The van der Waals surface area contributed by atoms with Gasteiger partial charge in [0.15, 0.2) is 0 Å². The maximum atomic E-state index is 6.17. The number of hydrogen-bond acceptors (Lipinski definition) is 2. The number of nitrogens with two attached hydrogens (primary N) is 1. The second-order valence-corrected chi connectivity index (χ2v) is 7.00. The number of hydrogen-bond donors (Lipinski definition) is 1. The van der Waals surface area contributed by atoms with Crippen molar-refractivity contribution in [2.24, 2.45) is 11.7 Å². The van der Waals surface area contributed by atoms with Crippen LogP contribution in [0.4, 0.5) is 0 Å². The third kappa shape index (κ3) is 2.64. The van der Waals surface area contributed by atoms with E-state index in [4.69, 9.17) is 5.73 Å². The van der Waals surface area contributed by atoms with Crippen LogP contribution >= 0.6 is 0 Å². The van der Waals surface area contributed by atoms with E-state index in [2.05, 4.69) is 42.2 Å². The van der Waals surface area contributed by atoms with Crippen LogP contribution in [0.15, 0.2) is 30.3 Å². The molecule has 2 fully saturated rings. The summed E-state index contributed by atoms with van der Waals surface area (Å²) in [5.74, 6) is 0.960. The van der Waals surface area contributed by atoms with E-state index >= 15 is 0 Å². The van der Waals surface area contributed by atoms with Gasteiger partial charge in [-0.3, -0.25) is 4.90 Å². The highest BCUT2D eigenvalue weighted by Crippen LogP contribution is 2.38. The molecule has 1 saturated heterocycles. The Morgan fingerprint density at radius 3 is 2.65 bits per heavy atom. The Hall–Kier alpha value is -0.860. The first-order valence-electron chi connectivity index (χ1n) is 8.22. The van der Waals surface area contributed by atoms with Crippen LogP contribution in [0.25, 0.3) is 0 Å². The van der Waals surface area contributed by atoms with Crippen molar-refractivity contribution in [1.29, 1.82) is 0 Å². The highest BCUT2D eigenvalue weighted by atomic mass is 15.2. The van der Waals surface area contributed by atoms with Gasteiger partial charge < -0.3 is 5.73 Å². The van der Waals surface area contributed by atoms with Crippen molar-refractivity contribution in [1.82, 2.24) is 4.90 Å². The number of benzene rings is 1. The Morgan fingerprint density at radius 2 is 1.90 bits per heavy atom. The molecule has 1 aliphatic carbocycles. The highest BCUT2D eigenvalue weighted by molar-refractivity contribution is 5.25. The summed E-state index contributed by atoms with van der Waals surface area (Å²) in [5, 5.41) is 0. The molecular weight excluding hydrogens is 244 g/mol. The smallest absolute Gasteiger partial charge is 0.0174 e. The van der Waals surface area contributed by atoms with Crippen molar-refractivity contribution in [3.8, 4) is 0 Å². The van der Waals surface area contributed by atoms with Gasteiger partial charge in [0.2, 0.25) is 0 Å². The van der Waals surface area contributed by atoms with E-state index in [1.165, 1.54) is 44.2 Å². The zero-order valence-electron chi connectivity index (χ0n) is 12.7. The van der Waals surface area contributed by atoms with Gasteiger partial charge >= 0.3 is 0 Å². The largest absolute Gasteiger partial charge is 0.330 e. The van der Waals surface area contributed by atoms with E-state index in [0.29, 0.717) is 0 Å². The molecular formula is C18H28N2. The minimum atomic E-state index is 0.0890. The number of rotatable bonds is 4. The fourth-order valence-corrected chi connectivity index (χ4v) is 4.32. The minimum Gasteiger partial charge on any atom is -0.330 e. The molecule has 1 saturated carbocycles. The van der Waals surface area contributed by atoms with Crippen molar-refractivity contribution < 1.29 is 0 Å². The molecule has 2 heteroatoms. The first-order chi connectivity index (χ1) is 9.73. The third-order valence-electron chi connectivity index (χ3n) is 5.58. The molecule has 1 aliphatic heterocycles. The summed E-state index contributed by atoms with van der Waals surface area (Å²) in [7, 11) is 0. The average molecular weight is 272 g/mol. The molecule has 0 bridgehead atoms. The Balaban J connectivity index is 1.77. The number of fused-ring (bicyclic) bond motifs is 1. The van der Waals surface area contributed by atoms with Gasteiger partial charge in [-0.1, -0.05) is 43.7 Å². The van der Waals surface area contributed by atoms with E-state index in [-0.39, 0.29) is 5.41 Å². The molecule has 1 aromatic rings. The van der Waals surface area contributed by atoms with Gasteiger partial charge in [-0.2, -0.15) is 0 Å². The predicted octanol–water partition coefficient (Wildman–Crippen LogP) is 3.17. The highest BCUT2D eigenvalue weighted by Gasteiger charge is 2.38. The molecule has 3 atom stereocenters. The van der Waals surface area contributed by atoms with Crippen molar-refractivity contribution >= 4 is 0 Å². The van der Waals surface area contributed by atoms with Gasteiger partial charge in [0, 0.05) is 24.5 Å². The summed E-state index contributed by atoms with van der Waals surface area (Å²) in [6.07, 6.45) is 7.10. The Labute approximate surface area is 123 Å². The van der Waals surface area contributed by atoms with E-state index in [1.54, 1.807) is 0 Å². The van der Waals surface area contributed by atoms with Gasteiger partial charge in [0.1, 0.15) is 0 Å². The molecule has 110 valence electrons. The van der Waals surface area contributed by atoms with Crippen LogP contribution < -0.4 is 5.73 Å².